The SMILES string of the molecule is CCCCN1C(=O)C2C(c3cc(C)c(O)c(C)c3)NC(C(=O)O)(C(C)O)C2C1=O. The van der Waals surface area contributed by atoms with Gasteiger partial charge in [0.1, 0.15) is 5.75 Å². The van der Waals surface area contributed by atoms with Gasteiger partial charge in [0.05, 0.1) is 17.9 Å². The Morgan fingerprint density at radius 3 is 2.31 bits per heavy atom. The van der Waals surface area contributed by atoms with E-state index in [1.165, 1.54) is 6.92 Å². The first-order valence-electron chi connectivity index (χ1n) is 9.92. The van der Waals surface area contributed by atoms with Crippen molar-refractivity contribution >= 4 is 17.8 Å². The predicted octanol–water partition coefficient (Wildman–Crippen LogP) is 1.26. The van der Waals surface area contributed by atoms with Crippen LogP contribution in [0.15, 0.2) is 12.1 Å². The topological polar surface area (TPSA) is 127 Å². The fraction of sp³-hybridized carbons (Fsp3) is 0.571. The Bertz CT molecular complexity index is 844. The lowest BCUT2D eigenvalue weighted by molar-refractivity contribution is -0.156. The van der Waals surface area contributed by atoms with Crippen LogP contribution in [-0.2, 0) is 14.4 Å². The number of aliphatic carboxylic acids is 1. The van der Waals surface area contributed by atoms with E-state index in [-0.39, 0.29) is 12.3 Å². The number of aliphatic hydroxyl groups excluding tert-OH is 1. The minimum atomic E-state index is -1.97. The van der Waals surface area contributed by atoms with Crippen LogP contribution < -0.4 is 5.32 Å². The maximum Gasteiger partial charge on any atom is 0.327 e. The lowest BCUT2D eigenvalue weighted by atomic mass is 9.76. The number of nitrogens with one attached hydrogen (secondary N) is 1. The first-order valence-corrected chi connectivity index (χ1v) is 9.92. The maximum atomic E-state index is 13.2. The van der Waals surface area contributed by atoms with E-state index >= 15 is 0 Å². The summed E-state index contributed by atoms with van der Waals surface area (Å²) < 4.78 is 0. The molecule has 0 aromatic heterocycles. The van der Waals surface area contributed by atoms with Crippen LogP contribution in [0.5, 0.6) is 5.75 Å². The number of rotatable bonds is 6. The molecule has 158 valence electrons. The molecule has 3 rings (SSSR count). The predicted molar refractivity (Wildman–Crippen MR) is 104 cm³/mol. The molecule has 29 heavy (non-hydrogen) atoms. The van der Waals surface area contributed by atoms with E-state index in [4.69, 9.17) is 0 Å². The molecule has 2 aliphatic heterocycles. The molecular weight excluding hydrogens is 376 g/mol. The van der Waals surface area contributed by atoms with Gasteiger partial charge in [0.25, 0.3) is 0 Å². The number of fused-ring (bicyclic) bond motifs is 1. The molecular formula is C21H28N2O6. The lowest BCUT2D eigenvalue weighted by Gasteiger charge is -2.33. The Morgan fingerprint density at radius 1 is 1.24 bits per heavy atom. The molecule has 8 nitrogen and oxygen atoms in total. The first-order chi connectivity index (χ1) is 13.6. The number of amides is 2. The van der Waals surface area contributed by atoms with Crippen LogP contribution >= 0.6 is 0 Å². The Balaban J connectivity index is 2.16. The third-order valence-electron chi connectivity index (χ3n) is 6.31. The Labute approximate surface area is 169 Å². The van der Waals surface area contributed by atoms with Crippen molar-refractivity contribution in [2.24, 2.45) is 11.8 Å². The van der Waals surface area contributed by atoms with Gasteiger partial charge in [0.15, 0.2) is 5.54 Å². The smallest absolute Gasteiger partial charge is 0.327 e. The Hall–Kier alpha value is -2.45. The molecule has 0 aliphatic carbocycles. The monoisotopic (exact) mass is 404 g/mol. The van der Waals surface area contributed by atoms with Crippen LogP contribution in [0.1, 0.15) is 49.4 Å². The van der Waals surface area contributed by atoms with Crippen LogP contribution in [0.3, 0.4) is 0 Å². The van der Waals surface area contributed by atoms with Gasteiger partial charge in [-0.3, -0.25) is 24.6 Å². The quantitative estimate of drug-likeness (QED) is 0.526. The summed E-state index contributed by atoms with van der Waals surface area (Å²) in [5.41, 5.74) is -0.191. The van der Waals surface area contributed by atoms with Crippen molar-refractivity contribution in [3.05, 3.63) is 28.8 Å². The van der Waals surface area contributed by atoms with Gasteiger partial charge in [0, 0.05) is 12.6 Å². The summed E-state index contributed by atoms with van der Waals surface area (Å²) in [5, 5.41) is 33.5. The number of phenols is 1. The third kappa shape index (κ3) is 3.02. The Morgan fingerprint density at radius 2 is 1.83 bits per heavy atom. The number of hydrogen-bond donors (Lipinski definition) is 4. The maximum absolute atomic E-state index is 13.2. The van der Waals surface area contributed by atoms with Gasteiger partial charge in [0.2, 0.25) is 11.8 Å². The summed E-state index contributed by atoms with van der Waals surface area (Å²) in [6.45, 7) is 6.92. The fourth-order valence-corrected chi connectivity index (χ4v) is 4.75. The minimum absolute atomic E-state index is 0.127. The summed E-state index contributed by atoms with van der Waals surface area (Å²) >= 11 is 0. The van der Waals surface area contributed by atoms with Crippen molar-refractivity contribution in [2.45, 2.75) is 58.2 Å². The molecule has 2 heterocycles. The summed E-state index contributed by atoms with van der Waals surface area (Å²) in [6.07, 6.45) is 0.00575. The second-order valence-corrected chi connectivity index (χ2v) is 8.16. The van der Waals surface area contributed by atoms with Crippen molar-refractivity contribution in [3.8, 4) is 5.75 Å². The molecule has 0 bridgehead atoms. The highest BCUT2D eigenvalue weighted by Gasteiger charge is 2.70. The highest BCUT2D eigenvalue weighted by molar-refractivity contribution is 6.09. The number of carboxylic acid groups (broad SMARTS) is 1. The normalized spacial score (nSPS) is 30.0. The van der Waals surface area contributed by atoms with Gasteiger partial charge in [-0.2, -0.15) is 0 Å². The molecule has 2 fully saturated rings. The molecule has 5 atom stereocenters. The van der Waals surface area contributed by atoms with Crippen molar-refractivity contribution in [1.82, 2.24) is 10.2 Å². The van der Waals surface area contributed by atoms with Gasteiger partial charge in [-0.05, 0) is 43.9 Å². The second kappa shape index (κ2) is 7.42. The molecule has 8 heteroatoms. The summed E-state index contributed by atoms with van der Waals surface area (Å²) in [5.74, 6) is -4.35. The molecule has 5 unspecified atom stereocenters. The first kappa shape index (κ1) is 21.3. The number of nitrogens with zero attached hydrogens (tertiary/aromatic N) is 1. The van der Waals surface area contributed by atoms with Crippen LogP contribution in [0.25, 0.3) is 0 Å². The average molecular weight is 404 g/mol. The van der Waals surface area contributed by atoms with Gasteiger partial charge >= 0.3 is 5.97 Å². The zero-order valence-electron chi connectivity index (χ0n) is 17.1. The number of phenolic OH excluding ortho intramolecular Hbond substituents is 1. The summed E-state index contributed by atoms with van der Waals surface area (Å²) in [6, 6.07) is 2.60. The van der Waals surface area contributed by atoms with E-state index < -0.39 is 47.3 Å². The highest BCUT2D eigenvalue weighted by Crippen LogP contribution is 2.50. The molecule has 2 saturated heterocycles. The molecule has 0 spiro atoms. The van der Waals surface area contributed by atoms with E-state index in [1.807, 2.05) is 6.92 Å². The molecule has 1 aromatic carbocycles. The largest absolute Gasteiger partial charge is 0.507 e. The number of benzene rings is 1. The fourth-order valence-electron chi connectivity index (χ4n) is 4.75. The van der Waals surface area contributed by atoms with Gasteiger partial charge in [-0.25, -0.2) is 0 Å². The van der Waals surface area contributed by atoms with Gasteiger partial charge in [-0.1, -0.05) is 25.5 Å². The lowest BCUT2D eigenvalue weighted by Crippen LogP contribution is -2.62. The number of imide groups is 1. The van der Waals surface area contributed by atoms with Crippen molar-refractivity contribution in [3.63, 3.8) is 0 Å². The number of hydrogen-bond acceptors (Lipinski definition) is 6. The molecule has 1 aromatic rings. The molecule has 2 aliphatic rings. The summed E-state index contributed by atoms with van der Waals surface area (Å²) in [7, 11) is 0. The molecule has 0 radical (unpaired) electrons. The number of carboxylic acids is 1. The van der Waals surface area contributed by atoms with E-state index in [0.29, 0.717) is 23.1 Å². The summed E-state index contributed by atoms with van der Waals surface area (Å²) in [4.78, 5) is 39.8. The number of likely N-dealkylation sites (tertiary alicyclic amines) is 1. The number of carbonyl (C=O) groups excluding carboxylic acids is 2. The van der Waals surface area contributed by atoms with Crippen LogP contribution in [0.4, 0.5) is 0 Å². The Kier molecular flexibility index (Phi) is 5.44. The number of aryl methyl sites for hydroxylation is 2. The average Bonchev–Trinajstić information content (AvgIpc) is 3.13. The van der Waals surface area contributed by atoms with E-state index in [0.717, 1.165) is 11.3 Å². The van der Waals surface area contributed by atoms with Gasteiger partial charge in [-0.15, -0.1) is 0 Å². The second-order valence-electron chi connectivity index (χ2n) is 8.16. The van der Waals surface area contributed by atoms with E-state index in [1.54, 1.807) is 26.0 Å². The number of aromatic hydroxyl groups is 1. The molecule has 4 N–H and O–H groups in total. The van der Waals surface area contributed by atoms with Crippen molar-refractivity contribution in [1.29, 1.82) is 0 Å². The zero-order valence-corrected chi connectivity index (χ0v) is 17.1. The van der Waals surface area contributed by atoms with Gasteiger partial charge < -0.3 is 15.3 Å². The number of carbonyl (C=O) groups is 3. The van der Waals surface area contributed by atoms with Crippen LogP contribution in [0, 0.1) is 25.7 Å². The number of aliphatic hydroxyl groups is 1. The van der Waals surface area contributed by atoms with Crippen molar-refractivity contribution < 1.29 is 29.7 Å². The van der Waals surface area contributed by atoms with Crippen LogP contribution in [-0.4, -0.2) is 56.2 Å². The van der Waals surface area contributed by atoms with Crippen molar-refractivity contribution in [2.75, 3.05) is 6.54 Å². The minimum Gasteiger partial charge on any atom is -0.507 e. The standard InChI is InChI=1S/C21H28N2O6/c1-5-6-7-23-18(26)14-15(19(23)27)21(12(4)24,20(28)29)22-16(14)13-8-10(2)17(25)11(3)9-13/h8-9,12,14-16,22,24-25H,5-7H2,1-4H3,(H,28,29). The van der Waals surface area contributed by atoms with Crippen LogP contribution in [0.2, 0.25) is 0 Å². The highest BCUT2D eigenvalue weighted by atomic mass is 16.4. The zero-order chi connectivity index (χ0) is 21.7. The molecule has 2 amide bonds. The number of unbranched alkanes of at least 4 members (excludes halogenated alkanes) is 1. The van der Waals surface area contributed by atoms with E-state index in [9.17, 15) is 29.7 Å². The molecule has 0 saturated carbocycles. The third-order valence-corrected chi connectivity index (χ3v) is 6.31. The van der Waals surface area contributed by atoms with E-state index in [2.05, 4.69) is 5.32 Å².